The number of aliphatic carboxylic acids is 6. The van der Waals surface area contributed by atoms with Gasteiger partial charge in [-0.25, -0.2) is 0 Å². The van der Waals surface area contributed by atoms with E-state index in [4.69, 9.17) is 30.6 Å². The minimum atomic E-state index is -0.845. The van der Waals surface area contributed by atoms with Crippen LogP contribution in [0.5, 0.6) is 0 Å². The number of hydrogen-bond acceptors (Lipinski definition) is 6. The smallest absolute Gasteiger partial charge is 0.309 e. The summed E-state index contributed by atoms with van der Waals surface area (Å²) in [6.07, 6.45) is 3.62. The Morgan fingerprint density at radius 2 is 0.511 bits per heavy atom. The Kier molecular flexibility index (Phi) is 26.8. The van der Waals surface area contributed by atoms with Gasteiger partial charge in [-0.3, -0.25) is 28.8 Å². The Morgan fingerprint density at radius 3 is 0.617 bits per heavy atom. The van der Waals surface area contributed by atoms with Crippen LogP contribution < -0.4 is 0 Å². The summed E-state index contributed by atoms with van der Waals surface area (Å²) in [7, 11) is 0. The van der Waals surface area contributed by atoms with Gasteiger partial charge in [-0.15, -0.1) is 0 Å². The summed E-state index contributed by atoms with van der Waals surface area (Å²) >= 11 is 0. The molecule has 0 aliphatic rings. The van der Waals surface area contributed by atoms with Gasteiger partial charge in [0.1, 0.15) is 0 Å². The van der Waals surface area contributed by atoms with Crippen LogP contribution in [0.15, 0.2) is 0 Å². The molecule has 0 aromatic rings. The van der Waals surface area contributed by atoms with Crippen molar-refractivity contribution in [2.45, 2.75) is 141 Å². The molecule has 0 heterocycles. The van der Waals surface area contributed by atoms with E-state index in [2.05, 4.69) is 0 Å². The topological polar surface area (TPSA) is 224 Å². The van der Waals surface area contributed by atoms with Crippen LogP contribution in [0, 0.1) is 32.5 Å². The van der Waals surface area contributed by atoms with Crippen molar-refractivity contribution in [1.82, 2.24) is 0 Å². The molecule has 0 spiro atoms. The summed E-state index contributed by atoms with van der Waals surface area (Å²) in [6.45, 7) is 21.2. The number of rotatable bonds is 18. The summed E-state index contributed by atoms with van der Waals surface area (Å²) in [5.74, 6) is -5.04. The molecule has 0 rings (SSSR count). The van der Waals surface area contributed by atoms with E-state index in [0.29, 0.717) is 38.5 Å². The van der Waals surface area contributed by atoms with E-state index in [1.165, 1.54) is 0 Å². The predicted octanol–water partition coefficient (Wildman–Crippen LogP) is 7.13. The SMILES string of the molecule is CC(C)(CCCC(=O)O)C(C)(C)C(=O)O.CC(C)(CCCC(=O)O)C(C)(C)C(=O)O.CC(C)(CCCC(=O)O)C(C)(C)C(=O)O.[Y].[Y]. The zero-order valence-electron chi connectivity index (χ0n) is 30.7. The summed E-state index contributed by atoms with van der Waals surface area (Å²) in [5, 5.41) is 52.7. The standard InChI is InChI=1S/3C11H20O4.2Y/c3*1-10(2,7-5-6-8(12)13)11(3,4)9(14)15;;/h3*5-7H2,1-4H3,(H,12,13)(H,14,15);;. The molecule has 14 heteroatoms. The van der Waals surface area contributed by atoms with Crippen molar-refractivity contribution in [2.75, 3.05) is 0 Å². The van der Waals surface area contributed by atoms with Crippen LogP contribution in [0.4, 0.5) is 0 Å². The Balaban J connectivity index is -0.000000184. The second kappa shape index (κ2) is 22.7. The Hall–Kier alpha value is -0.972. The summed E-state index contributed by atoms with van der Waals surface area (Å²) in [4.78, 5) is 64.2. The fraction of sp³-hybridized carbons (Fsp3) is 0.818. The van der Waals surface area contributed by atoms with Gasteiger partial charge in [0.05, 0.1) is 16.2 Å². The molecule has 0 saturated heterocycles. The van der Waals surface area contributed by atoms with Crippen molar-refractivity contribution in [1.29, 1.82) is 0 Å². The van der Waals surface area contributed by atoms with Crippen LogP contribution in [-0.4, -0.2) is 66.5 Å². The van der Waals surface area contributed by atoms with Crippen LogP contribution in [0.2, 0.25) is 0 Å². The van der Waals surface area contributed by atoms with E-state index >= 15 is 0 Å². The fourth-order valence-corrected chi connectivity index (χ4v) is 3.85. The first kappa shape index (κ1) is 55.4. The summed E-state index contributed by atoms with van der Waals surface area (Å²) < 4.78 is 0. The molecule has 0 atom stereocenters. The summed E-state index contributed by atoms with van der Waals surface area (Å²) in [6, 6.07) is 0. The van der Waals surface area contributed by atoms with Gasteiger partial charge in [-0.05, 0) is 96.3 Å². The van der Waals surface area contributed by atoms with Crippen molar-refractivity contribution < 1.29 is 125 Å². The zero-order valence-corrected chi connectivity index (χ0v) is 36.3. The van der Waals surface area contributed by atoms with Crippen LogP contribution in [0.1, 0.15) is 141 Å². The van der Waals surface area contributed by atoms with Crippen molar-refractivity contribution in [2.24, 2.45) is 32.5 Å². The number of hydrogen-bond donors (Lipinski definition) is 6. The van der Waals surface area contributed by atoms with E-state index in [1.807, 2.05) is 41.5 Å². The van der Waals surface area contributed by atoms with Crippen LogP contribution in [0.25, 0.3) is 0 Å². The minimum absolute atomic E-state index is 0. The molecule has 0 aliphatic carbocycles. The first-order chi connectivity index (χ1) is 19.8. The Morgan fingerprint density at radius 1 is 0.362 bits per heavy atom. The van der Waals surface area contributed by atoms with Gasteiger partial charge in [0.25, 0.3) is 0 Å². The average molecular weight is 827 g/mol. The maximum Gasteiger partial charge on any atom is 0.309 e. The molecule has 0 amide bonds. The first-order valence-corrected chi connectivity index (χ1v) is 15.2. The molecule has 0 aromatic carbocycles. The first-order valence-electron chi connectivity index (χ1n) is 15.2. The van der Waals surface area contributed by atoms with E-state index in [1.54, 1.807) is 41.5 Å². The molecular weight excluding hydrogens is 766 g/mol. The molecular formula is C33H60O12Y2. The van der Waals surface area contributed by atoms with Crippen LogP contribution in [-0.2, 0) is 94.2 Å². The van der Waals surface area contributed by atoms with Crippen molar-refractivity contribution >= 4 is 35.8 Å². The predicted molar refractivity (Wildman–Crippen MR) is 170 cm³/mol. The molecule has 0 aliphatic heterocycles. The van der Waals surface area contributed by atoms with Crippen molar-refractivity contribution in [3.8, 4) is 0 Å². The van der Waals surface area contributed by atoms with Gasteiger partial charge in [0, 0.05) is 84.7 Å². The molecule has 0 unspecified atom stereocenters. The maximum atomic E-state index is 11.0. The largest absolute Gasteiger partial charge is 0.481 e. The molecule has 0 fully saturated rings. The van der Waals surface area contributed by atoms with E-state index < -0.39 is 68.3 Å². The van der Waals surface area contributed by atoms with Gasteiger partial charge in [-0.2, -0.15) is 0 Å². The van der Waals surface area contributed by atoms with Crippen LogP contribution in [0.3, 0.4) is 0 Å². The Labute approximate surface area is 331 Å². The molecule has 0 saturated carbocycles. The van der Waals surface area contributed by atoms with Crippen molar-refractivity contribution in [3.63, 3.8) is 0 Å². The van der Waals surface area contributed by atoms with Gasteiger partial charge < -0.3 is 30.6 Å². The molecule has 270 valence electrons. The third-order valence-electron chi connectivity index (χ3n) is 10.3. The second-order valence-corrected chi connectivity index (χ2v) is 15.2. The number of carboxylic acid groups (broad SMARTS) is 6. The molecule has 6 N–H and O–H groups in total. The van der Waals surface area contributed by atoms with Gasteiger partial charge in [-0.1, -0.05) is 41.5 Å². The van der Waals surface area contributed by atoms with Gasteiger partial charge in [0.2, 0.25) is 0 Å². The fourth-order valence-electron chi connectivity index (χ4n) is 3.85. The molecule has 0 bridgehead atoms. The third-order valence-corrected chi connectivity index (χ3v) is 10.3. The van der Waals surface area contributed by atoms with E-state index in [0.717, 1.165) is 0 Å². The van der Waals surface area contributed by atoms with E-state index in [-0.39, 0.29) is 84.7 Å². The second-order valence-electron chi connectivity index (χ2n) is 15.2. The molecule has 0 aromatic heterocycles. The number of carbonyl (C=O) groups is 6. The van der Waals surface area contributed by atoms with Crippen molar-refractivity contribution in [3.05, 3.63) is 0 Å². The van der Waals surface area contributed by atoms with Gasteiger partial charge in [0.15, 0.2) is 0 Å². The van der Waals surface area contributed by atoms with E-state index in [9.17, 15) is 28.8 Å². The monoisotopic (exact) mass is 826 g/mol. The van der Waals surface area contributed by atoms with Gasteiger partial charge >= 0.3 is 35.8 Å². The quantitative estimate of drug-likeness (QED) is 0.0812. The molecule has 12 nitrogen and oxygen atoms in total. The minimum Gasteiger partial charge on any atom is -0.481 e. The zero-order chi connectivity index (χ0) is 36.8. The average Bonchev–Trinajstić information content (AvgIpc) is 2.83. The molecule has 2 radical (unpaired) electrons. The van der Waals surface area contributed by atoms with Crippen LogP contribution >= 0.6 is 0 Å². The normalized spacial score (nSPS) is 12.0. The molecule has 47 heavy (non-hydrogen) atoms. The Bertz CT molecular complexity index is 900. The maximum absolute atomic E-state index is 11.0. The third kappa shape index (κ3) is 19.7. The summed E-state index contributed by atoms with van der Waals surface area (Å²) in [5.41, 5.74) is -3.75. The number of carboxylic acids is 6.